The maximum Gasteiger partial charge on any atom is 0.307 e. The highest BCUT2D eigenvalue weighted by Crippen LogP contribution is 2.28. The van der Waals surface area contributed by atoms with Crippen molar-refractivity contribution in [2.45, 2.75) is 13.0 Å². The fourth-order valence-corrected chi connectivity index (χ4v) is 2.75. The highest BCUT2D eigenvalue weighted by molar-refractivity contribution is 5.70. The van der Waals surface area contributed by atoms with E-state index in [1.165, 1.54) is 6.07 Å². The molecule has 0 unspecified atom stereocenters. The molecular formula is C21H17NO5. The number of ether oxygens (including phenoxy) is 1. The lowest BCUT2D eigenvalue weighted by Crippen LogP contribution is -2.01. The number of hydrogen-bond donors (Lipinski definition) is 1. The zero-order chi connectivity index (χ0) is 19.2. The first-order valence-electron chi connectivity index (χ1n) is 8.29. The Balaban J connectivity index is 1.78. The van der Waals surface area contributed by atoms with E-state index in [2.05, 4.69) is 0 Å². The second-order valence-electron chi connectivity index (χ2n) is 5.97. The summed E-state index contributed by atoms with van der Waals surface area (Å²) in [5.41, 5.74) is 3.25. The predicted molar refractivity (Wildman–Crippen MR) is 101 cm³/mol. The molecule has 0 atom stereocenters. The van der Waals surface area contributed by atoms with Gasteiger partial charge in [0.15, 0.2) is 0 Å². The number of carboxylic acids is 1. The molecule has 27 heavy (non-hydrogen) atoms. The number of aliphatic carboxylic acids is 1. The average molecular weight is 363 g/mol. The molecule has 3 aromatic rings. The molecule has 0 radical (unpaired) electrons. The molecule has 3 rings (SSSR count). The highest BCUT2D eigenvalue weighted by atomic mass is 16.6. The van der Waals surface area contributed by atoms with Crippen LogP contribution in [0.15, 0.2) is 72.8 Å². The molecule has 6 nitrogen and oxygen atoms in total. The van der Waals surface area contributed by atoms with Crippen molar-refractivity contribution in [1.29, 1.82) is 0 Å². The number of non-ortho nitro benzene ring substituents is 1. The number of benzene rings is 3. The molecule has 0 fully saturated rings. The van der Waals surface area contributed by atoms with Gasteiger partial charge in [-0.3, -0.25) is 14.9 Å². The first kappa shape index (κ1) is 18.1. The molecule has 0 aromatic heterocycles. The maximum absolute atomic E-state index is 11.0. The SMILES string of the molecule is O=C(O)Cc1ccc(OCc2ccccc2-c2cccc([N+](=O)[O-])c2)cc1. The van der Waals surface area contributed by atoms with Crippen LogP contribution in [-0.2, 0) is 17.8 Å². The van der Waals surface area contributed by atoms with Crippen LogP contribution in [0.5, 0.6) is 5.75 Å². The van der Waals surface area contributed by atoms with Gasteiger partial charge in [0.1, 0.15) is 12.4 Å². The summed E-state index contributed by atoms with van der Waals surface area (Å²) in [5.74, 6) is -0.257. The Labute approximate surface area is 155 Å². The molecule has 0 heterocycles. The molecule has 0 aliphatic rings. The number of hydrogen-bond acceptors (Lipinski definition) is 4. The van der Waals surface area contributed by atoms with Gasteiger partial charge in [0.05, 0.1) is 11.3 Å². The van der Waals surface area contributed by atoms with Crippen molar-refractivity contribution in [2.75, 3.05) is 0 Å². The standard InChI is InChI=1S/C21H17NO5/c23-21(24)12-15-8-10-19(11-9-15)27-14-17-4-1-2-7-20(17)16-5-3-6-18(13-16)22(25)26/h1-11,13H,12,14H2,(H,23,24). The molecule has 1 N–H and O–H groups in total. The molecular weight excluding hydrogens is 346 g/mol. The molecule has 136 valence electrons. The largest absolute Gasteiger partial charge is 0.489 e. The monoisotopic (exact) mass is 363 g/mol. The fourth-order valence-electron chi connectivity index (χ4n) is 2.75. The smallest absolute Gasteiger partial charge is 0.307 e. The normalized spacial score (nSPS) is 10.4. The van der Waals surface area contributed by atoms with E-state index in [9.17, 15) is 14.9 Å². The highest BCUT2D eigenvalue weighted by Gasteiger charge is 2.10. The van der Waals surface area contributed by atoms with E-state index in [1.54, 1.807) is 36.4 Å². The Morgan fingerprint density at radius 2 is 1.74 bits per heavy atom. The Morgan fingerprint density at radius 1 is 1.00 bits per heavy atom. The van der Waals surface area contributed by atoms with Crippen LogP contribution in [0, 0.1) is 10.1 Å². The van der Waals surface area contributed by atoms with Crippen LogP contribution in [0.25, 0.3) is 11.1 Å². The molecule has 0 aliphatic carbocycles. The van der Waals surface area contributed by atoms with Gasteiger partial charge in [-0.15, -0.1) is 0 Å². The lowest BCUT2D eigenvalue weighted by Gasteiger charge is -2.12. The fraction of sp³-hybridized carbons (Fsp3) is 0.0952. The summed E-state index contributed by atoms with van der Waals surface area (Å²) in [5, 5.41) is 19.8. The van der Waals surface area contributed by atoms with Crippen molar-refractivity contribution in [2.24, 2.45) is 0 Å². The minimum Gasteiger partial charge on any atom is -0.489 e. The van der Waals surface area contributed by atoms with Crippen LogP contribution < -0.4 is 4.74 Å². The zero-order valence-electron chi connectivity index (χ0n) is 14.4. The van der Waals surface area contributed by atoms with Crippen LogP contribution in [0.1, 0.15) is 11.1 Å². The van der Waals surface area contributed by atoms with Crippen molar-refractivity contribution in [3.63, 3.8) is 0 Å². The van der Waals surface area contributed by atoms with Crippen LogP contribution in [-0.4, -0.2) is 16.0 Å². The van der Waals surface area contributed by atoms with Gasteiger partial charge in [-0.1, -0.05) is 48.5 Å². The molecule has 0 aliphatic heterocycles. The predicted octanol–water partition coefficient (Wildman–Crippen LogP) is 4.47. The van der Waals surface area contributed by atoms with Gasteiger partial charge in [0.25, 0.3) is 5.69 Å². The quantitative estimate of drug-likeness (QED) is 0.494. The lowest BCUT2D eigenvalue weighted by molar-refractivity contribution is -0.384. The molecule has 0 spiro atoms. The van der Waals surface area contributed by atoms with E-state index in [-0.39, 0.29) is 18.7 Å². The van der Waals surface area contributed by atoms with Gasteiger partial charge in [-0.25, -0.2) is 0 Å². The van der Waals surface area contributed by atoms with Gasteiger partial charge in [-0.05, 0) is 34.4 Å². The Kier molecular flexibility index (Phi) is 5.47. The van der Waals surface area contributed by atoms with Crippen LogP contribution >= 0.6 is 0 Å². The lowest BCUT2D eigenvalue weighted by atomic mass is 10.00. The van der Waals surface area contributed by atoms with E-state index in [1.807, 2.05) is 30.3 Å². The van der Waals surface area contributed by atoms with E-state index in [0.29, 0.717) is 11.3 Å². The van der Waals surface area contributed by atoms with Gasteiger partial charge in [0.2, 0.25) is 0 Å². The Hall–Kier alpha value is -3.67. The average Bonchev–Trinajstić information content (AvgIpc) is 2.67. The van der Waals surface area contributed by atoms with Crippen molar-refractivity contribution in [1.82, 2.24) is 0 Å². The molecule has 0 bridgehead atoms. The van der Waals surface area contributed by atoms with Crippen molar-refractivity contribution in [3.05, 3.63) is 94.0 Å². The van der Waals surface area contributed by atoms with Crippen LogP contribution in [0.4, 0.5) is 5.69 Å². The summed E-state index contributed by atoms with van der Waals surface area (Å²) < 4.78 is 5.81. The first-order chi connectivity index (χ1) is 13.0. The summed E-state index contributed by atoms with van der Waals surface area (Å²) in [6, 6.07) is 20.9. The van der Waals surface area contributed by atoms with Crippen molar-refractivity contribution >= 4 is 11.7 Å². The van der Waals surface area contributed by atoms with E-state index in [4.69, 9.17) is 9.84 Å². The number of nitrogens with zero attached hydrogens (tertiary/aromatic N) is 1. The topological polar surface area (TPSA) is 89.7 Å². The van der Waals surface area contributed by atoms with Crippen molar-refractivity contribution < 1.29 is 19.6 Å². The molecule has 0 saturated carbocycles. The molecule has 3 aromatic carbocycles. The number of carboxylic acid groups (broad SMARTS) is 1. The number of nitro groups is 1. The third kappa shape index (κ3) is 4.70. The third-order valence-corrected chi connectivity index (χ3v) is 4.06. The number of nitro benzene ring substituents is 1. The Morgan fingerprint density at radius 3 is 2.44 bits per heavy atom. The van der Waals surface area contributed by atoms with E-state index >= 15 is 0 Å². The van der Waals surface area contributed by atoms with Gasteiger partial charge in [0, 0.05) is 12.1 Å². The summed E-state index contributed by atoms with van der Waals surface area (Å²) >= 11 is 0. The van der Waals surface area contributed by atoms with E-state index in [0.717, 1.165) is 16.7 Å². The second kappa shape index (κ2) is 8.14. The molecule has 0 amide bonds. The second-order valence-corrected chi connectivity index (χ2v) is 5.97. The zero-order valence-corrected chi connectivity index (χ0v) is 14.4. The first-order valence-corrected chi connectivity index (χ1v) is 8.29. The third-order valence-electron chi connectivity index (χ3n) is 4.06. The minimum absolute atomic E-state index is 0.0318. The molecule has 0 saturated heterocycles. The summed E-state index contributed by atoms with van der Waals surface area (Å²) in [6.45, 7) is 0.289. The van der Waals surface area contributed by atoms with Crippen LogP contribution in [0.2, 0.25) is 0 Å². The van der Waals surface area contributed by atoms with Gasteiger partial charge >= 0.3 is 5.97 Å². The summed E-state index contributed by atoms with van der Waals surface area (Å²) in [6.07, 6.45) is -0.0318. The summed E-state index contributed by atoms with van der Waals surface area (Å²) in [7, 11) is 0. The van der Waals surface area contributed by atoms with Crippen molar-refractivity contribution in [3.8, 4) is 16.9 Å². The van der Waals surface area contributed by atoms with Gasteiger partial charge in [-0.2, -0.15) is 0 Å². The van der Waals surface area contributed by atoms with Gasteiger partial charge < -0.3 is 9.84 Å². The van der Waals surface area contributed by atoms with E-state index < -0.39 is 10.9 Å². The molecule has 6 heteroatoms. The summed E-state index contributed by atoms with van der Waals surface area (Å²) in [4.78, 5) is 21.3. The van der Waals surface area contributed by atoms with Crippen LogP contribution in [0.3, 0.4) is 0 Å². The Bertz CT molecular complexity index is 966. The maximum atomic E-state index is 11.0. The number of rotatable bonds is 7. The number of carbonyl (C=O) groups is 1. The minimum atomic E-state index is -0.880.